The molecular formula is C16H24ClN3O5S. The van der Waals surface area contributed by atoms with Gasteiger partial charge in [-0.3, -0.25) is 4.79 Å². The minimum atomic E-state index is -3.61. The fourth-order valence-corrected chi connectivity index (χ4v) is 4.01. The van der Waals surface area contributed by atoms with Gasteiger partial charge in [-0.05, 0) is 38.0 Å². The van der Waals surface area contributed by atoms with Crippen LogP contribution in [0.1, 0.15) is 19.8 Å². The quantitative estimate of drug-likeness (QED) is 0.648. The molecule has 3 rings (SSSR count). The number of rotatable bonds is 6. The molecule has 0 bridgehead atoms. The maximum atomic E-state index is 12.5. The number of methoxy groups -OCH3 is 1. The second-order valence-electron chi connectivity index (χ2n) is 6.25. The van der Waals surface area contributed by atoms with Crippen molar-refractivity contribution in [3.8, 4) is 5.75 Å². The normalized spacial score (nSPS) is 23.0. The van der Waals surface area contributed by atoms with E-state index >= 15 is 0 Å². The summed E-state index contributed by atoms with van der Waals surface area (Å²) in [7, 11) is -2.15. The molecule has 0 radical (unpaired) electrons. The molecule has 146 valence electrons. The van der Waals surface area contributed by atoms with Gasteiger partial charge < -0.3 is 20.1 Å². The standard InChI is InChI=1S/C16H23N3O5S.ClH/c1-10-15(17-7-8-24-10)16(20)18-13-9-12(5-6-14(13)23-2)25(21,22)19-11-3-4-11;/h5-6,9-11,15,17,19H,3-4,7-8H2,1-2H3,(H,18,20);1H/t10-,15+;/m1./s1. The van der Waals surface area contributed by atoms with Crippen LogP contribution >= 0.6 is 12.4 Å². The van der Waals surface area contributed by atoms with Crippen molar-refractivity contribution in [3.63, 3.8) is 0 Å². The second-order valence-corrected chi connectivity index (χ2v) is 7.97. The topological polar surface area (TPSA) is 106 Å². The molecule has 2 aliphatic rings. The van der Waals surface area contributed by atoms with Gasteiger partial charge in [0.05, 0.1) is 30.4 Å². The molecule has 3 N–H and O–H groups in total. The average molecular weight is 406 g/mol. The number of carbonyl (C=O) groups is 1. The fourth-order valence-electron chi connectivity index (χ4n) is 2.68. The number of benzene rings is 1. The maximum absolute atomic E-state index is 12.5. The molecular weight excluding hydrogens is 382 g/mol. The zero-order chi connectivity index (χ0) is 18.0. The third-order valence-corrected chi connectivity index (χ3v) is 5.76. The van der Waals surface area contributed by atoms with E-state index in [4.69, 9.17) is 9.47 Å². The molecule has 0 spiro atoms. The molecule has 10 heteroatoms. The fraction of sp³-hybridized carbons (Fsp3) is 0.562. The van der Waals surface area contributed by atoms with Crippen molar-refractivity contribution in [2.24, 2.45) is 0 Å². The summed E-state index contributed by atoms with van der Waals surface area (Å²) in [6.45, 7) is 2.95. The number of morpholine rings is 1. The smallest absolute Gasteiger partial charge is 0.244 e. The molecule has 1 saturated heterocycles. The van der Waals surface area contributed by atoms with E-state index in [-0.39, 0.29) is 35.4 Å². The number of anilines is 1. The minimum absolute atomic E-state index is 0. The Labute approximate surface area is 159 Å². The van der Waals surface area contributed by atoms with Gasteiger partial charge in [0, 0.05) is 12.6 Å². The summed E-state index contributed by atoms with van der Waals surface area (Å²) in [6.07, 6.45) is 1.43. The minimum Gasteiger partial charge on any atom is -0.495 e. The van der Waals surface area contributed by atoms with E-state index in [1.165, 1.54) is 25.3 Å². The third-order valence-electron chi connectivity index (χ3n) is 4.24. The summed E-state index contributed by atoms with van der Waals surface area (Å²) < 4.78 is 38.1. The predicted octanol–water partition coefficient (Wildman–Crippen LogP) is 0.873. The summed E-state index contributed by atoms with van der Waals surface area (Å²) in [5.41, 5.74) is 0.311. The summed E-state index contributed by atoms with van der Waals surface area (Å²) in [5, 5.41) is 5.84. The second kappa shape index (κ2) is 8.53. The molecule has 1 heterocycles. The lowest BCUT2D eigenvalue weighted by Crippen LogP contribution is -2.53. The molecule has 1 aromatic rings. The van der Waals surface area contributed by atoms with E-state index in [0.717, 1.165) is 12.8 Å². The molecule has 1 aliphatic heterocycles. The van der Waals surface area contributed by atoms with Gasteiger partial charge in [0.15, 0.2) is 0 Å². The Kier molecular flexibility index (Phi) is 6.86. The van der Waals surface area contributed by atoms with Gasteiger partial charge in [-0.15, -0.1) is 12.4 Å². The van der Waals surface area contributed by atoms with Gasteiger partial charge in [0.2, 0.25) is 15.9 Å². The zero-order valence-electron chi connectivity index (χ0n) is 14.7. The van der Waals surface area contributed by atoms with Crippen LogP contribution in [0.2, 0.25) is 0 Å². The first-order valence-corrected chi connectivity index (χ1v) is 9.75. The summed E-state index contributed by atoms with van der Waals surface area (Å²) >= 11 is 0. The van der Waals surface area contributed by atoms with E-state index < -0.39 is 16.1 Å². The van der Waals surface area contributed by atoms with Crippen LogP contribution in [0.15, 0.2) is 23.1 Å². The van der Waals surface area contributed by atoms with Gasteiger partial charge in [-0.2, -0.15) is 0 Å². The Hall–Kier alpha value is -1.39. The van der Waals surface area contributed by atoms with Gasteiger partial charge in [-0.25, -0.2) is 13.1 Å². The van der Waals surface area contributed by atoms with Crippen molar-refractivity contribution >= 4 is 34.0 Å². The molecule has 1 saturated carbocycles. The molecule has 1 amide bonds. The maximum Gasteiger partial charge on any atom is 0.244 e. The highest BCUT2D eigenvalue weighted by atomic mass is 35.5. The van der Waals surface area contributed by atoms with Crippen molar-refractivity contribution in [1.82, 2.24) is 10.0 Å². The Morgan fingerprint density at radius 2 is 2.08 bits per heavy atom. The van der Waals surface area contributed by atoms with Crippen LogP contribution in [0, 0.1) is 0 Å². The van der Waals surface area contributed by atoms with E-state index in [0.29, 0.717) is 24.6 Å². The van der Waals surface area contributed by atoms with Crippen LogP contribution in [0.4, 0.5) is 5.69 Å². The van der Waals surface area contributed by atoms with Crippen LogP contribution < -0.4 is 20.1 Å². The van der Waals surface area contributed by atoms with Gasteiger partial charge >= 0.3 is 0 Å². The first kappa shape index (κ1) is 20.9. The predicted molar refractivity (Wildman–Crippen MR) is 99.4 cm³/mol. The van der Waals surface area contributed by atoms with Crippen LogP contribution in [0.5, 0.6) is 5.75 Å². The lowest BCUT2D eigenvalue weighted by atomic mass is 10.1. The summed E-state index contributed by atoms with van der Waals surface area (Å²) in [4.78, 5) is 12.6. The van der Waals surface area contributed by atoms with Crippen LogP contribution in [-0.2, 0) is 19.6 Å². The first-order valence-electron chi connectivity index (χ1n) is 8.27. The number of carbonyl (C=O) groups excluding carboxylic acids is 1. The van der Waals surface area contributed by atoms with E-state index in [9.17, 15) is 13.2 Å². The van der Waals surface area contributed by atoms with E-state index in [2.05, 4.69) is 15.4 Å². The van der Waals surface area contributed by atoms with Crippen molar-refractivity contribution in [2.45, 2.75) is 42.8 Å². The van der Waals surface area contributed by atoms with Crippen molar-refractivity contribution in [2.75, 3.05) is 25.6 Å². The molecule has 2 fully saturated rings. The molecule has 0 unspecified atom stereocenters. The average Bonchev–Trinajstić information content (AvgIpc) is 3.38. The number of hydrogen-bond donors (Lipinski definition) is 3. The van der Waals surface area contributed by atoms with Gasteiger partial charge in [0.1, 0.15) is 11.8 Å². The monoisotopic (exact) mass is 405 g/mol. The Morgan fingerprint density at radius 3 is 2.69 bits per heavy atom. The first-order chi connectivity index (χ1) is 11.9. The van der Waals surface area contributed by atoms with E-state index in [1.807, 2.05) is 6.92 Å². The molecule has 26 heavy (non-hydrogen) atoms. The Balaban J connectivity index is 0.00000243. The third kappa shape index (κ3) is 4.86. The van der Waals surface area contributed by atoms with Crippen molar-refractivity contribution < 1.29 is 22.7 Å². The highest BCUT2D eigenvalue weighted by molar-refractivity contribution is 7.89. The largest absolute Gasteiger partial charge is 0.495 e. The number of ether oxygens (including phenoxy) is 2. The number of hydrogen-bond acceptors (Lipinski definition) is 6. The number of halogens is 1. The molecule has 2 atom stereocenters. The lowest BCUT2D eigenvalue weighted by Gasteiger charge is -2.29. The van der Waals surface area contributed by atoms with E-state index in [1.54, 1.807) is 0 Å². The molecule has 1 aromatic carbocycles. The van der Waals surface area contributed by atoms with Crippen LogP contribution in [0.3, 0.4) is 0 Å². The Morgan fingerprint density at radius 1 is 1.35 bits per heavy atom. The lowest BCUT2D eigenvalue weighted by molar-refractivity contribution is -0.123. The van der Waals surface area contributed by atoms with Crippen LogP contribution in [0.25, 0.3) is 0 Å². The van der Waals surface area contributed by atoms with Gasteiger partial charge in [-0.1, -0.05) is 0 Å². The number of sulfonamides is 1. The molecule has 0 aromatic heterocycles. The number of amides is 1. The highest BCUT2D eigenvalue weighted by Crippen LogP contribution is 2.29. The molecule has 1 aliphatic carbocycles. The number of nitrogens with one attached hydrogen (secondary N) is 3. The summed E-state index contributed by atoms with van der Waals surface area (Å²) in [6, 6.07) is 3.91. The van der Waals surface area contributed by atoms with Crippen molar-refractivity contribution in [3.05, 3.63) is 18.2 Å². The van der Waals surface area contributed by atoms with Crippen LogP contribution in [-0.4, -0.2) is 52.8 Å². The zero-order valence-corrected chi connectivity index (χ0v) is 16.3. The Bertz CT molecular complexity index is 754. The molecule has 8 nitrogen and oxygen atoms in total. The SMILES string of the molecule is COc1ccc(S(=O)(=O)NC2CC2)cc1NC(=O)[C@H]1NCCO[C@@H]1C.Cl. The van der Waals surface area contributed by atoms with Crippen molar-refractivity contribution in [1.29, 1.82) is 0 Å². The highest BCUT2D eigenvalue weighted by Gasteiger charge is 2.30. The summed E-state index contributed by atoms with van der Waals surface area (Å²) in [5.74, 6) is 0.0957. The van der Waals surface area contributed by atoms with Gasteiger partial charge in [0.25, 0.3) is 0 Å².